The van der Waals surface area contributed by atoms with Crippen molar-refractivity contribution >= 4 is 17.4 Å². The molecule has 1 aliphatic rings. The molecule has 2 N–H and O–H groups in total. The van der Waals surface area contributed by atoms with E-state index >= 15 is 0 Å². The average molecular weight is 308 g/mol. The summed E-state index contributed by atoms with van der Waals surface area (Å²) in [5, 5.41) is 4.92. The molecule has 1 aliphatic heterocycles. The van der Waals surface area contributed by atoms with Crippen LogP contribution in [0.5, 0.6) is 11.5 Å². The van der Waals surface area contributed by atoms with E-state index in [4.69, 9.17) is 26.8 Å². The number of aryl methyl sites for hydroxylation is 1. The van der Waals surface area contributed by atoms with Crippen LogP contribution in [0.3, 0.4) is 0 Å². The molecule has 21 heavy (non-hydrogen) atoms. The summed E-state index contributed by atoms with van der Waals surface area (Å²) >= 11 is 6.36. The topological polar surface area (TPSA) is 62.3 Å². The van der Waals surface area contributed by atoms with Crippen LogP contribution in [-0.2, 0) is 7.05 Å². The maximum Gasteiger partial charge on any atom is 0.162 e. The first-order valence-corrected chi connectivity index (χ1v) is 7.12. The van der Waals surface area contributed by atoms with Crippen molar-refractivity contribution < 1.29 is 9.47 Å². The smallest absolute Gasteiger partial charge is 0.162 e. The zero-order valence-electron chi connectivity index (χ0n) is 12.3. The lowest BCUT2D eigenvalue weighted by Gasteiger charge is -2.19. The fourth-order valence-corrected chi connectivity index (χ4v) is 2.41. The highest BCUT2D eigenvalue weighted by Gasteiger charge is 2.26. The summed E-state index contributed by atoms with van der Waals surface area (Å²) in [7, 11) is 1.79. The highest BCUT2D eigenvalue weighted by Crippen LogP contribution is 2.41. The molecular weight excluding hydrogens is 290 g/mol. The van der Waals surface area contributed by atoms with Crippen molar-refractivity contribution in [1.29, 1.82) is 0 Å². The number of nitrogens with two attached hydrogens (primary N) is 1. The van der Waals surface area contributed by atoms with Crippen molar-refractivity contribution in [2.75, 3.05) is 18.9 Å². The lowest BCUT2D eigenvalue weighted by molar-refractivity contribution is 0.140. The summed E-state index contributed by atoms with van der Waals surface area (Å²) in [6.07, 6.45) is 0. The van der Waals surface area contributed by atoms with Crippen LogP contribution in [0.1, 0.15) is 13.8 Å². The van der Waals surface area contributed by atoms with Crippen molar-refractivity contribution in [2.45, 2.75) is 13.8 Å². The molecule has 0 saturated heterocycles. The minimum absolute atomic E-state index is 0.0406. The van der Waals surface area contributed by atoms with Gasteiger partial charge in [-0.2, -0.15) is 5.10 Å². The second kappa shape index (κ2) is 4.84. The highest BCUT2D eigenvalue weighted by atomic mass is 35.5. The Kier molecular flexibility index (Phi) is 3.24. The molecule has 0 unspecified atom stereocenters. The SMILES string of the molecule is Cn1nc(-c2cc3c(cc2Cl)OCC(C)(C)CO3)cc1N. The molecule has 112 valence electrons. The molecule has 1 aromatic carbocycles. The van der Waals surface area contributed by atoms with Crippen molar-refractivity contribution in [2.24, 2.45) is 12.5 Å². The van der Waals surface area contributed by atoms with E-state index in [1.165, 1.54) is 0 Å². The molecule has 1 aromatic heterocycles. The summed E-state index contributed by atoms with van der Waals surface area (Å²) in [5.74, 6) is 1.93. The van der Waals surface area contributed by atoms with E-state index in [0.717, 1.165) is 11.3 Å². The Morgan fingerprint density at radius 2 is 1.81 bits per heavy atom. The molecule has 5 nitrogen and oxygen atoms in total. The third-order valence-electron chi connectivity index (χ3n) is 3.46. The van der Waals surface area contributed by atoms with E-state index in [-0.39, 0.29) is 5.41 Å². The van der Waals surface area contributed by atoms with Crippen LogP contribution in [0.25, 0.3) is 11.3 Å². The third-order valence-corrected chi connectivity index (χ3v) is 3.77. The van der Waals surface area contributed by atoms with Gasteiger partial charge in [0, 0.05) is 30.2 Å². The Labute approximate surface area is 128 Å². The number of halogens is 1. The molecule has 3 rings (SSSR count). The van der Waals surface area contributed by atoms with Crippen LogP contribution in [0.2, 0.25) is 5.02 Å². The summed E-state index contributed by atoms with van der Waals surface area (Å²) in [5.41, 5.74) is 7.29. The Bertz CT molecular complexity index is 675. The average Bonchev–Trinajstić information content (AvgIpc) is 2.66. The van der Waals surface area contributed by atoms with Gasteiger partial charge in [-0.25, -0.2) is 0 Å². The van der Waals surface area contributed by atoms with Gasteiger partial charge in [-0.15, -0.1) is 0 Å². The first-order chi connectivity index (χ1) is 9.85. The second-order valence-corrected chi connectivity index (χ2v) is 6.51. The summed E-state index contributed by atoms with van der Waals surface area (Å²) in [6.45, 7) is 5.37. The van der Waals surface area contributed by atoms with E-state index < -0.39 is 0 Å². The Balaban J connectivity index is 2.04. The number of aromatic nitrogens is 2. The Morgan fingerprint density at radius 3 is 2.38 bits per heavy atom. The minimum atomic E-state index is -0.0406. The number of hydrogen-bond acceptors (Lipinski definition) is 4. The molecule has 0 aliphatic carbocycles. The van der Waals surface area contributed by atoms with Crippen LogP contribution < -0.4 is 15.2 Å². The molecule has 0 bridgehead atoms. The third kappa shape index (κ3) is 2.65. The Hall–Kier alpha value is -1.88. The lowest BCUT2D eigenvalue weighted by atomic mass is 9.97. The van der Waals surface area contributed by atoms with Gasteiger partial charge < -0.3 is 15.2 Å². The zero-order chi connectivity index (χ0) is 15.2. The highest BCUT2D eigenvalue weighted by molar-refractivity contribution is 6.33. The molecule has 0 fully saturated rings. The number of nitrogen functional groups attached to an aromatic ring is 1. The molecule has 0 radical (unpaired) electrons. The van der Waals surface area contributed by atoms with Crippen molar-refractivity contribution in [3.8, 4) is 22.8 Å². The summed E-state index contributed by atoms with van der Waals surface area (Å²) in [4.78, 5) is 0. The molecule has 2 aromatic rings. The van der Waals surface area contributed by atoms with Gasteiger partial charge in [-0.3, -0.25) is 4.68 Å². The monoisotopic (exact) mass is 307 g/mol. The fourth-order valence-electron chi connectivity index (χ4n) is 2.16. The van der Waals surface area contributed by atoms with E-state index in [2.05, 4.69) is 18.9 Å². The molecular formula is C15H18ClN3O2. The zero-order valence-corrected chi connectivity index (χ0v) is 13.1. The van der Waals surface area contributed by atoms with Crippen LogP contribution in [-0.4, -0.2) is 23.0 Å². The van der Waals surface area contributed by atoms with Gasteiger partial charge in [-0.1, -0.05) is 25.4 Å². The van der Waals surface area contributed by atoms with E-state index in [1.807, 2.05) is 6.07 Å². The number of hydrogen-bond donors (Lipinski definition) is 1. The Morgan fingerprint density at radius 1 is 1.19 bits per heavy atom. The molecule has 0 amide bonds. The normalized spacial score (nSPS) is 16.6. The number of benzene rings is 1. The minimum Gasteiger partial charge on any atom is -0.489 e. The predicted molar refractivity (Wildman–Crippen MR) is 82.8 cm³/mol. The number of anilines is 1. The van der Waals surface area contributed by atoms with Crippen LogP contribution in [0.4, 0.5) is 5.82 Å². The largest absolute Gasteiger partial charge is 0.489 e. The van der Waals surface area contributed by atoms with Gasteiger partial charge in [0.1, 0.15) is 5.82 Å². The first-order valence-electron chi connectivity index (χ1n) is 6.75. The molecule has 0 atom stereocenters. The van der Waals surface area contributed by atoms with Crippen LogP contribution >= 0.6 is 11.6 Å². The molecule has 2 heterocycles. The van der Waals surface area contributed by atoms with Crippen molar-refractivity contribution in [3.05, 3.63) is 23.2 Å². The number of rotatable bonds is 1. The van der Waals surface area contributed by atoms with Crippen LogP contribution in [0, 0.1) is 5.41 Å². The van der Waals surface area contributed by atoms with Gasteiger partial charge in [0.2, 0.25) is 0 Å². The van der Waals surface area contributed by atoms with E-state index in [1.54, 1.807) is 23.9 Å². The van der Waals surface area contributed by atoms with Crippen molar-refractivity contribution in [3.63, 3.8) is 0 Å². The number of fused-ring (bicyclic) bond motifs is 1. The maximum absolute atomic E-state index is 6.36. The standard InChI is InChI=1S/C15H18ClN3O2/c1-15(2)7-20-12-4-9(10(16)5-13(12)21-8-15)11-6-14(17)19(3)18-11/h4-6H,7-8,17H2,1-3H3. The van der Waals surface area contributed by atoms with Gasteiger partial charge in [0.15, 0.2) is 11.5 Å². The molecule has 0 spiro atoms. The lowest BCUT2D eigenvalue weighted by Crippen LogP contribution is -2.26. The van der Waals surface area contributed by atoms with Gasteiger partial charge in [0.25, 0.3) is 0 Å². The maximum atomic E-state index is 6.36. The summed E-state index contributed by atoms with van der Waals surface area (Å²) < 4.78 is 13.3. The van der Waals surface area contributed by atoms with Gasteiger partial charge >= 0.3 is 0 Å². The predicted octanol–water partition coefficient (Wildman–Crippen LogP) is 3.12. The quantitative estimate of drug-likeness (QED) is 0.879. The fraction of sp³-hybridized carbons (Fsp3) is 0.400. The van der Waals surface area contributed by atoms with Crippen molar-refractivity contribution in [1.82, 2.24) is 9.78 Å². The number of nitrogens with zero attached hydrogens (tertiary/aromatic N) is 2. The van der Waals surface area contributed by atoms with E-state index in [0.29, 0.717) is 35.6 Å². The molecule has 0 saturated carbocycles. The first kappa shape index (κ1) is 14.1. The van der Waals surface area contributed by atoms with Gasteiger partial charge in [-0.05, 0) is 6.07 Å². The van der Waals surface area contributed by atoms with Gasteiger partial charge in [0.05, 0.1) is 23.9 Å². The molecule has 6 heteroatoms. The number of ether oxygens (including phenoxy) is 2. The summed E-state index contributed by atoms with van der Waals surface area (Å²) in [6, 6.07) is 5.43. The van der Waals surface area contributed by atoms with Crippen LogP contribution in [0.15, 0.2) is 18.2 Å². The second-order valence-electron chi connectivity index (χ2n) is 6.10. The van der Waals surface area contributed by atoms with E-state index in [9.17, 15) is 0 Å².